The van der Waals surface area contributed by atoms with Crippen molar-refractivity contribution in [3.63, 3.8) is 0 Å². The van der Waals surface area contributed by atoms with Gasteiger partial charge in [0, 0.05) is 16.3 Å². The van der Waals surface area contributed by atoms with Crippen LogP contribution in [0.25, 0.3) is 0 Å². The predicted molar refractivity (Wildman–Crippen MR) is 91.7 cm³/mol. The fourth-order valence-corrected chi connectivity index (χ4v) is 3.75. The number of thiophene rings is 1. The van der Waals surface area contributed by atoms with Crippen LogP contribution in [0.4, 0.5) is 4.79 Å². The van der Waals surface area contributed by atoms with Gasteiger partial charge >= 0.3 is 18.0 Å². The molecule has 0 saturated heterocycles. The largest absolute Gasteiger partial charge is 0.468 e. The highest BCUT2D eigenvalue weighted by Gasteiger charge is 2.34. The third-order valence-corrected chi connectivity index (χ3v) is 5.04. The van der Waals surface area contributed by atoms with E-state index >= 15 is 0 Å². The molecular weight excluding hydrogens is 352 g/mol. The minimum Gasteiger partial charge on any atom is -0.468 e. The van der Waals surface area contributed by atoms with Crippen LogP contribution in [0, 0.1) is 0 Å². The molecule has 0 fully saturated rings. The summed E-state index contributed by atoms with van der Waals surface area (Å²) in [5, 5.41) is 7.27. The second-order valence-electron chi connectivity index (χ2n) is 4.73. The van der Waals surface area contributed by atoms with Crippen molar-refractivity contribution in [1.29, 1.82) is 0 Å². The van der Waals surface area contributed by atoms with E-state index in [0.717, 1.165) is 4.88 Å². The van der Waals surface area contributed by atoms with E-state index in [0.29, 0.717) is 17.0 Å². The lowest BCUT2D eigenvalue weighted by Crippen LogP contribution is -2.46. The van der Waals surface area contributed by atoms with Gasteiger partial charge in [0.15, 0.2) is 0 Å². The van der Waals surface area contributed by atoms with Crippen LogP contribution in [0.1, 0.15) is 17.8 Å². The molecule has 1 aromatic heterocycles. The molecule has 0 saturated carbocycles. The molecule has 0 aliphatic carbocycles. The molecule has 130 valence electrons. The molecule has 2 heterocycles. The summed E-state index contributed by atoms with van der Waals surface area (Å²) in [7, 11) is 1.31. The van der Waals surface area contributed by atoms with Crippen LogP contribution >= 0.6 is 23.1 Å². The Balaban J connectivity index is 2.29. The fourth-order valence-electron chi connectivity index (χ4n) is 2.15. The van der Waals surface area contributed by atoms with Crippen LogP contribution in [0.5, 0.6) is 0 Å². The number of ether oxygens (including phenoxy) is 2. The molecule has 1 aromatic rings. The van der Waals surface area contributed by atoms with Crippen molar-refractivity contribution in [2.24, 2.45) is 0 Å². The SMILES string of the molecule is CCOC(=O)C1=C(CSCC(=O)OC)NC(=O)N[C@@H]1c1cccs1. The van der Waals surface area contributed by atoms with Crippen LogP contribution in [0.2, 0.25) is 0 Å². The van der Waals surface area contributed by atoms with Crippen molar-refractivity contribution >= 4 is 41.1 Å². The zero-order valence-corrected chi connectivity index (χ0v) is 14.9. The Labute approximate surface area is 147 Å². The Morgan fingerprint density at radius 2 is 2.21 bits per heavy atom. The molecule has 2 N–H and O–H groups in total. The molecule has 2 rings (SSSR count). The Bertz CT molecular complexity index is 642. The number of hydrogen-bond acceptors (Lipinski definition) is 7. The van der Waals surface area contributed by atoms with Gasteiger partial charge in [-0.25, -0.2) is 9.59 Å². The van der Waals surface area contributed by atoms with Gasteiger partial charge in [0.2, 0.25) is 0 Å². The monoisotopic (exact) mass is 370 g/mol. The number of carbonyl (C=O) groups excluding carboxylic acids is 3. The van der Waals surface area contributed by atoms with E-state index in [2.05, 4.69) is 15.4 Å². The maximum atomic E-state index is 12.4. The van der Waals surface area contributed by atoms with Gasteiger partial charge in [-0.15, -0.1) is 23.1 Å². The number of methoxy groups -OCH3 is 1. The summed E-state index contributed by atoms with van der Waals surface area (Å²) in [6, 6.07) is 2.74. The first-order chi connectivity index (χ1) is 11.6. The molecule has 0 spiro atoms. The Kier molecular flexibility index (Phi) is 6.68. The number of esters is 2. The fraction of sp³-hybridized carbons (Fsp3) is 0.400. The minimum atomic E-state index is -0.563. The van der Waals surface area contributed by atoms with Crippen LogP contribution < -0.4 is 10.6 Å². The van der Waals surface area contributed by atoms with E-state index in [1.54, 1.807) is 6.92 Å². The topological polar surface area (TPSA) is 93.7 Å². The van der Waals surface area contributed by atoms with Gasteiger partial charge in [-0.2, -0.15) is 0 Å². The molecule has 0 radical (unpaired) electrons. The highest BCUT2D eigenvalue weighted by molar-refractivity contribution is 8.00. The normalized spacial score (nSPS) is 17.1. The number of carbonyl (C=O) groups is 3. The smallest absolute Gasteiger partial charge is 0.338 e. The molecule has 0 aromatic carbocycles. The molecule has 0 unspecified atom stereocenters. The van der Waals surface area contributed by atoms with E-state index in [-0.39, 0.29) is 18.3 Å². The maximum absolute atomic E-state index is 12.4. The van der Waals surface area contributed by atoms with Gasteiger partial charge in [0.05, 0.1) is 31.1 Å². The summed E-state index contributed by atoms with van der Waals surface area (Å²) in [6.07, 6.45) is 0. The molecular formula is C15H18N2O5S2. The average Bonchev–Trinajstić information content (AvgIpc) is 3.08. The van der Waals surface area contributed by atoms with Gasteiger partial charge in [0.1, 0.15) is 0 Å². The predicted octanol–water partition coefficient (Wildman–Crippen LogP) is 1.83. The van der Waals surface area contributed by atoms with Crippen LogP contribution in [-0.4, -0.2) is 43.2 Å². The van der Waals surface area contributed by atoms with Crippen molar-refractivity contribution in [2.45, 2.75) is 13.0 Å². The number of nitrogens with one attached hydrogen (secondary N) is 2. The van der Waals surface area contributed by atoms with Crippen molar-refractivity contribution in [2.75, 3.05) is 25.2 Å². The summed E-state index contributed by atoms with van der Waals surface area (Å²) in [5.74, 6) is -0.438. The van der Waals surface area contributed by atoms with Crippen LogP contribution in [0.15, 0.2) is 28.8 Å². The lowest BCUT2D eigenvalue weighted by molar-refractivity contribution is -0.139. The summed E-state index contributed by atoms with van der Waals surface area (Å²) in [6.45, 7) is 1.95. The first kappa shape index (κ1) is 18.3. The number of thioether (sulfide) groups is 1. The minimum absolute atomic E-state index is 0.128. The molecule has 1 aliphatic rings. The van der Waals surface area contributed by atoms with Gasteiger partial charge in [-0.3, -0.25) is 4.79 Å². The highest BCUT2D eigenvalue weighted by Crippen LogP contribution is 2.31. The van der Waals surface area contributed by atoms with E-state index in [1.165, 1.54) is 30.2 Å². The second-order valence-corrected chi connectivity index (χ2v) is 6.69. The summed E-state index contributed by atoms with van der Waals surface area (Å²) in [5.41, 5.74) is 0.806. The van der Waals surface area contributed by atoms with Gasteiger partial charge in [-0.1, -0.05) is 6.07 Å². The van der Waals surface area contributed by atoms with Gasteiger partial charge < -0.3 is 20.1 Å². The van der Waals surface area contributed by atoms with Gasteiger partial charge in [0.25, 0.3) is 0 Å². The summed E-state index contributed by atoms with van der Waals surface area (Å²) < 4.78 is 9.73. The third-order valence-electron chi connectivity index (χ3n) is 3.17. The number of urea groups is 1. The van der Waals surface area contributed by atoms with E-state index < -0.39 is 18.0 Å². The van der Waals surface area contributed by atoms with Crippen molar-refractivity contribution in [3.8, 4) is 0 Å². The molecule has 9 heteroatoms. The molecule has 24 heavy (non-hydrogen) atoms. The lowest BCUT2D eigenvalue weighted by Gasteiger charge is -2.28. The van der Waals surface area contributed by atoms with E-state index in [1.807, 2.05) is 17.5 Å². The van der Waals surface area contributed by atoms with Crippen molar-refractivity contribution in [1.82, 2.24) is 10.6 Å². The number of hydrogen-bond donors (Lipinski definition) is 2. The van der Waals surface area contributed by atoms with E-state index in [9.17, 15) is 14.4 Å². The van der Waals surface area contributed by atoms with Gasteiger partial charge in [-0.05, 0) is 18.4 Å². The molecule has 2 amide bonds. The van der Waals surface area contributed by atoms with Crippen LogP contribution in [0.3, 0.4) is 0 Å². The highest BCUT2D eigenvalue weighted by atomic mass is 32.2. The Hall–Kier alpha value is -2.00. The molecule has 7 nitrogen and oxygen atoms in total. The Morgan fingerprint density at radius 1 is 1.42 bits per heavy atom. The second kappa shape index (κ2) is 8.74. The standard InChI is InChI=1S/C15H18N2O5S2/c1-3-22-14(19)12-9(7-23-8-11(18)21-2)16-15(20)17-13(12)10-5-4-6-24-10/h4-6,13H,3,7-8H2,1-2H3,(H2,16,17,20)/t13-/m1/s1. The molecule has 1 aliphatic heterocycles. The van der Waals surface area contributed by atoms with E-state index in [4.69, 9.17) is 4.74 Å². The van der Waals surface area contributed by atoms with Crippen LogP contribution in [-0.2, 0) is 19.1 Å². The molecule has 1 atom stereocenters. The average molecular weight is 370 g/mol. The zero-order valence-electron chi connectivity index (χ0n) is 13.3. The van der Waals surface area contributed by atoms with Crippen molar-refractivity contribution < 1.29 is 23.9 Å². The lowest BCUT2D eigenvalue weighted by atomic mass is 10.0. The quantitative estimate of drug-likeness (QED) is 0.711. The Morgan fingerprint density at radius 3 is 2.83 bits per heavy atom. The summed E-state index contributed by atoms with van der Waals surface area (Å²) >= 11 is 2.69. The number of amides is 2. The maximum Gasteiger partial charge on any atom is 0.338 e. The zero-order chi connectivity index (χ0) is 17.5. The first-order valence-corrected chi connectivity index (χ1v) is 9.25. The number of rotatable bonds is 7. The molecule has 0 bridgehead atoms. The third kappa shape index (κ3) is 4.51. The van der Waals surface area contributed by atoms with Crippen molar-refractivity contribution in [3.05, 3.63) is 33.7 Å². The first-order valence-electron chi connectivity index (χ1n) is 7.22. The summed E-state index contributed by atoms with van der Waals surface area (Å²) in [4.78, 5) is 36.4.